The molecule has 3 aromatic rings. The molecule has 1 fully saturated rings. The first-order chi connectivity index (χ1) is 14.4. The van der Waals surface area contributed by atoms with Crippen molar-refractivity contribution in [3.05, 3.63) is 54.4 Å². The number of sulfone groups is 1. The molecule has 154 valence electrons. The molecule has 30 heavy (non-hydrogen) atoms. The van der Waals surface area contributed by atoms with Crippen molar-refractivity contribution < 1.29 is 18.3 Å². The average Bonchev–Trinajstić information content (AvgIpc) is 3.54. The minimum Gasteiger partial charge on any atom is -0.465 e. The molecule has 1 aromatic carbocycles. The first-order valence-corrected chi connectivity index (χ1v) is 11.5. The predicted molar refractivity (Wildman–Crippen MR) is 114 cm³/mol. The van der Waals surface area contributed by atoms with E-state index in [0.29, 0.717) is 24.4 Å². The molecule has 1 aliphatic carbocycles. The lowest BCUT2D eigenvalue weighted by atomic mass is 9.98. The summed E-state index contributed by atoms with van der Waals surface area (Å²) in [4.78, 5) is 20.6. The molecule has 2 aromatic heterocycles. The van der Waals surface area contributed by atoms with Crippen LogP contribution >= 0.6 is 0 Å². The average molecular weight is 423 g/mol. The summed E-state index contributed by atoms with van der Waals surface area (Å²) in [5, 5.41) is 9.89. The molecule has 0 bridgehead atoms. The van der Waals surface area contributed by atoms with Crippen molar-refractivity contribution >= 4 is 32.5 Å². The van der Waals surface area contributed by atoms with Crippen LogP contribution in [-0.4, -0.2) is 52.8 Å². The van der Waals surface area contributed by atoms with Crippen molar-refractivity contribution in [2.45, 2.75) is 29.4 Å². The van der Waals surface area contributed by atoms with Crippen LogP contribution in [-0.2, 0) is 9.84 Å². The molecule has 0 saturated heterocycles. The second kappa shape index (κ2) is 6.98. The summed E-state index contributed by atoms with van der Waals surface area (Å²) < 4.78 is 24.8. The number of fused-ring (bicyclic) bond motifs is 1. The van der Waals surface area contributed by atoms with Gasteiger partial charge < -0.3 is 15.0 Å². The van der Waals surface area contributed by atoms with Crippen LogP contribution in [0.25, 0.3) is 27.7 Å². The van der Waals surface area contributed by atoms with Crippen molar-refractivity contribution in [3.8, 4) is 11.1 Å². The van der Waals surface area contributed by atoms with E-state index in [2.05, 4.69) is 9.97 Å². The largest absolute Gasteiger partial charge is 0.465 e. The minimum atomic E-state index is -3.20. The lowest BCUT2D eigenvalue weighted by molar-refractivity contribution is 0.150. The van der Waals surface area contributed by atoms with Gasteiger partial charge in [-0.05, 0) is 48.6 Å². The van der Waals surface area contributed by atoms with Crippen LogP contribution in [0.2, 0.25) is 0 Å². The molecule has 1 amide bonds. The summed E-state index contributed by atoms with van der Waals surface area (Å²) in [6.07, 6.45) is 6.88. The van der Waals surface area contributed by atoms with Crippen LogP contribution in [0.3, 0.4) is 0 Å². The summed E-state index contributed by atoms with van der Waals surface area (Å²) in [5.74, 6) is 0. The highest BCUT2D eigenvalue weighted by molar-refractivity contribution is 7.92. The van der Waals surface area contributed by atoms with Crippen LogP contribution in [0, 0.1) is 0 Å². The fourth-order valence-corrected chi connectivity index (χ4v) is 5.58. The Kier molecular flexibility index (Phi) is 4.39. The fourth-order valence-electron chi connectivity index (χ4n) is 3.92. The Morgan fingerprint density at radius 1 is 1.17 bits per heavy atom. The number of pyridine rings is 1. The smallest absolute Gasteiger partial charge is 0.407 e. The number of hydrogen-bond acceptors (Lipinski definition) is 4. The van der Waals surface area contributed by atoms with Gasteiger partial charge >= 0.3 is 6.09 Å². The molecular weight excluding hydrogens is 402 g/mol. The quantitative estimate of drug-likeness (QED) is 0.662. The molecule has 0 atom stereocenters. The lowest BCUT2D eigenvalue weighted by Gasteiger charge is -2.23. The molecule has 8 heteroatoms. The van der Waals surface area contributed by atoms with E-state index in [1.807, 2.05) is 30.5 Å². The second-order valence-electron chi connectivity index (χ2n) is 7.80. The van der Waals surface area contributed by atoms with E-state index in [9.17, 15) is 13.2 Å². The molecule has 5 rings (SSSR count). The summed E-state index contributed by atoms with van der Waals surface area (Å²) in [6, 6.07) is 9.05. The van der Waals surface area contributed by atoms with E-state index in [0.717, 1.165) is 46.1 Å². The number of benzene rings is 1. The van der Waals surface area contributed by atoms with Crippen molar-refractivity contribution in [2.75, 3.05) is 13.1 Å². The summed E-state index contributed by atoms with van der Waals surface area (Å²) in [5.41, 5.74) is 4.70. The van der Waals surface area contributed by atoms with Gasteiger partial charge in [-0.25, -0.2) is 18.2 Å². The van der Waals surface area contributed by atoms with Crippen LogP contribution < -0.4 is 0 Å². The van der Waals surface area contributed by atoms with Gasteiger partial charge in [0.05, 0.1) is 10.1 Å². The molecule has 2 N–H and O–H groups in total. The first kappa shape index (κ1) is 18.9. The Labute approximate surface area is 174 Å². The fraction of sp³-hybridized carbons (Fsp3) is 0.273. The molecule has 0 radical (unpaired) electrons. The maximum Gasteiger partial charge on any atom is 0.407 e. The van der Waals surface area contributed by atoms with E-state index in [1.54, 1.807) is 18.3 Å². The van der Waals surface area contributed by atoms with Gasteiger partial charge in [0.15, 0.2) is 9.84 Å². The van der Waals surface area contributed by atoms with Gasteiger partial charge in [-0.1, -0.05) is 18.2 Å². The number of H-pyrrole nitrogens is 1. The van der Waals surface area contributed by atoms with Gasteiger partial charge in [0.25, 0.3) is 0 Å². The van der Waals surface area contributed by atoms with Crippen molar-refractivity contribution in [3.63, 3.8) is 0 Å². The number of nitrogens with zero attached hydrogens (tertiary/aromatic N) is 2. The number of carbonyl (C=O) groups is 1. The molecule has 7 nitrogen and oxygen atoms in total. The van der Waals surface area contributed by atoms with Gasteiger partial charge in [-0.15, -0.1) is 0 Å². The number of rotatable bonds is 4. The maximum absolute atomic E-state index is 12.4. The molecular formula is C22H21N3O4S. The molecule has 0 spiro atoms. The summed E-state index contributed by atoms with van der Waals surface area (Å²) >= 11 is 0. The van der Waals surface area contributed by atoms with Gasteiger partial charge in [-0.2, -0.15) is 0 Å². The Morgan fingerprint density at radius 2 is 1.93 bits per heavy atom. The monoisotopic (exact) mass is 423 g/mol. The zero-order chi connectivity index (χ0) is 20.9. The number of amides is 1. The topological polar surface area (TPSA) is 103 Å². The van der Waals surface area contributed by atoms with Crippen molar-refractivity contribution in [1.29, 1.82) is 0 Å². The number of aromatic amines is 1. The summed E-state index contributed by atoms with van der Waals surface area (Å²) in [7, 11) is -3.20. The highest BCUT2D eigenvalue weighted by atomic mass is 32.2. The standard InChI is InChI=1S/C22H21N3O4S/c26-22(27)25-9-7-15(8-10-25)20-13-24-21-19(20)11-16(12-23-21)14-1-3-17(4-2-14)30(28,29)18-5-6-18/h1-4,7,11-13,18H,5-6,8-10H2,(H,23,24)(H,26,27). The SMILES string of the molecule is O=C(O)N1CC=C(c2c[nH]c3ncc(-c4ccc(S(=O)(=O)C5CC5)cc4)cc23)CC1. The van der Waals surface area contributed by atoms with Crippen LogP contribution in [0.5, 0.6) is 0 Å². The first-order valence-electron chi connectivity index (χ1n) is 9.92. The highest BCUT2D eigenvalue weighted by Gasteiger charge is 2.36. The normalized spacial score (nSPS) is 17.2. The van der Waals surface area contributed by atoms with Crippen LogP contribution in [0.15, 0.2) is 53.7 Å². The van der Waals surface area contributed by atoms with Crippen molar-refractivity contribution in [1.82, 2.24) is 14.9 Å². The third-order valence-corrected chi connectivity index (χ3v) is 8.11. The Balaban J connectivity index is 1.47. The number of aromatic nitrogens is 2. The highest BCUT2D eigenvalue weighted by Crippen LogP contribution is 2.35. The second-order valence-corrected chi connectivity index (χ2v) is 10.0. The Morgan fingerprint density at radius 3 is 2.57 bits per heavy atom. The zero-order valence-corrected chi connectivity index (χ0v) is 17.0. The van der Waals surface area contributed by atoms with E-state index >= 15 is 0 Å². The van der Waals surface area contributed by atoms with E-state index in [1.165, 1.54) is 4.90 Å². The molecule has 1 aliphatic heterocycles. The van der Waals surface area contributed by atoms with Gasteiger partial charge in [0.2, 0.25) is 0 Å². The Hall–Kier alpha value is -3.13. The van der Waals surface area contributed by atoms with Crippen molar-refractivity contribution in [2.24, 2.45) is 0 Å². The number of nitrogens with one attached hydrogen (secondary N) is 1. The van der Waals surface area contributed by atoms with Gasteiger partial charge in [-0.3, -0.25) is 0 Å². The third-order valence-electron chi connectivity index (χ3n) is 5.84. The number of hydrogen-bond donors (Lipinski definition) is 2. The van der Waals surface area contributed by atoms with E-state index in [4.69, 9.17) is 5.11 Å². The third kappa shape index (κ3) is 3.27. The maximum atomic E-state index is 12.4. The Bertz CT molecular complexity index is 1270. The summed E-state index contributed by atoms with van der Waals surface area (Å²) in [6.45, 7) is 0.847. The minimum absolute atomic E-state index is 0.218. The van der Waals surface area contributed by atoms with E-state index < -0.39 is 15.9 Å². The van der Waals surface area contributed by atoms with Crippen LogP contribution in [0.4, 0.5) is 4.79 Å². The molecule has 1 saturated carbocycles. The van der Waals surface area contributed by atoms with Gasteiger partial charge in [0.1, 0.15) is 5.65 Å². The van der Waals surface area contributed by atoms with Gasteiger partial charge in [0, 0.05) is 42.0 Å². The molecule has 0 unspecified atom stereocenters. The molecule has 2 aliphatic rings. The predicted octanol–water partition coefficient (Wildman–Crippen LogP) is 3.93. The molecule has 3 heterocycles. The lowest BCUT2D eigenvalue weighted by Crippen LogP contribution is -2.33. The van der Waals surface area contributed by atoms with Crippen LogP contribution in [0.1, 0.15) is 24.8 Å². The number of carboxylic acid groups (broad SMARTS) is 1. The zero-order valence-electron chi connectivity index (χ0n) is 16.2. The van der Waals surface area contributed by atoms with E-state index in [-0.39, 0.29) is 5.25 Å².